The molecule has 0 atom stereocenters. The Morgan fingerprint density at radius 1 is 1.22 bits per heavy atom. The third-order valence-electron chi connectivity index (χ3n) is 2.50. The van der Waals surface area contributed by atoms with Crippen molar-refractivity contribution in [3.63, 3.8) is 0 Å². The van der Waals surface area contributed by atoms with Crippen LogP contribution < -0.4 is 5.32 Å². The molecule has 18 heavy (non-hydrogen) atoms. The van der Waals surface area contributed by atoms with Crippen LogP contribution in [0.3, 0.4) is 0 Å². The van der Waals surface area contributed by atoms with E-state index in [0.717, 1.165) is 6.42 Å². The Bertz CT molecular complexity index is 531. The number of hydrogen-bond acceptors (Lipinski definition) is 4. The lowest BCUT2D eigenvalue weighted by molar-refractivity contribution is 0.112. The zero-order chi connectivity index (χ0) is 12.8. The number of hydrogen-bond donors (Lipinski definition) is 1. The maximum Gasteiger partial charge on any atom is 0.156 e. The van der Waals surface area contributed by atoms with Crippen molar-refractivity contribution in [3.8, 4) is 0 Å². The highest BCUT2D eigenvalue weighted by Gasteiger charge is 2.07. The van der Waals surface area contributed by atoms with Gasteiger partial charge < -0.3 is 5.32 Å². The maximum absolute atomic E-state index is 10.9. The molecule has 0 saturated heterocycles. The van der Waals surface area contributed by atoms with Crippen molar-refractivity contribution in [2.24, 2.45) is 0 Å². The molecule has 0 aliphatic heterocycles. The van der Waals surface area contributed by atoms with Crippen LogP contribution in [0.15, 0.2) is 36.7 Å². The number of nitrogens with one attached hydrogen (secondary N) is 1. The van der Waals surface area contributed by atoms with Gasteiger partial charge in [0.1, 0.15) is 17.3 Å². The lowest BCUT2D eigenvalue weighted by atomic mass is 10.1. The predicted octanol–water partition coefficient (Wildman–Crippen LogP) is 2.60. The Morgan fingerprint density at radius 3 is 2.72 bits per heavy atom. The minimum atomic E-state index is 0.169. The average molecular weight is 262 g/mol. The SMILES string of the molecule is O=Cc1c(Cl)ncnc1NCCc1ccccc1. The second kappa shape index (κ2) is 6.12. The predicted molar refractivity (Wildman–Crippen MR) is 71.1 cm³/mol. The Labute approximate surface area is 110 Å². The summed E-state index contributed by atoms with van der Waals surface area (Å²) in [6.45, 7) is 0.679. The molecule has 0 saturated carbocycles. The summed E-state index contributed by atoms with van der Waals surface area (Å²) in [7, 11) is 0. The number of anilines is 1. The molecule has 2 aromatic rings. The fourth-order valence-corrected chi connectivity index (χ4v) is 1.77. The number of carbonyl (C=O) groups excluding carboxylic acids is 1. The highest BCUT2D eigenvalue weighted by atomic mass is 35.5. The molecule has 1 aromatic heterocycles. The van der Waals surface area contributed by atoms with Crippen molar-refractivity contribution in [1.82, 2.24) is 9.97 Å². The van der Waals surface area contributed by atoms with Crippen molar-refractivity contribution in [2.45, 2.75) is 6.42 Å². The number of nitrogens with zero attached hydrogens (tertiary/aromatic N) is 2. The van der Waals surface area contributed by atoms with Crippen LogP contribution in [0.5, 0.6) is 0 Å². The van der Waals surface area contributed by atoms with E-state index in [-0.39, 0.29) is 5.15 Å². The largest absolute Gasteiger partial charge is 0.369 e. The molecule has 1 heterocycles. The summed E-state index contributed by atoms with van der Waals surface area (Å²) in [6, 6.07) is 10.1. The van der Waals surface area contributed by atoms with Crippen molar-refractivity contribution in [1.29, 1.82) is 0 Å². The van der Waals surface area contributed by atoms with Gasteiger partial charge in [-0.3, -0.25) is 4.79 Å². The van der Waals surface area contributed by atoms with Crippen LogP contribution in [0, 0.1) is 0 Å². The van der Waals surface area contributed by atoms with Crippen LogP contribution >= 0.6 is 11.6 Å². The Balaban J connectivity index is 1.99. The van der Waals surface area contributed by atoms with Crippen LogP contribution in [0.1, 0.15) is 15.9 Å². The third-order valence-corrected chi connectivity index (χ3v) is 2.80. The van der Waals surface area contributed by atoms with E-state index in [0.29, 0.717) is 24.2 Å². The molecule has 5 heteroatoms. The maximum atomic E-state index is 10.9. The first-order valence-corrected chi connectivity index (χ1v) is 5.92. The van der Waals surface area contributed by atoms with E-state index >= 15 is 0 Å². The highest BCUT2D eigenvalue weighted by molar-refractivity contribution is 6.32. The van der Waals surface area contributed by atoms with Crippen LogP contribution in [-0.2, 0) is 6.42 Å². The molecule has 0 amide bonds. The van der Waals surface area contributed by atoms with Gasteiger partial charge in [-0.15, -0.1) is 0 Å². The molecule has 0 unspecified atom stereocenters. The highest BCUT2D eigenvalue weighted by Crippen LogP contribution is 2.17. The minimum absolute atomic E-state index is 0.169. The first-order chi connectivity index (χ1) is 8.81. The third kappa shape index (κ3) is 3.05. The van der Waals surface area contributed by atoms with E-state index in [1.54, 1.807) is 0 Å². The first kappa shape index (κ1) is 12.5. The van der Waals surface area contributed by atoms with E-state index < -0.39 is 0 Å². The molecule has 4 nitrogen and oxygen atoms in total. The lowest BCUT2D eigenvalue weighted by Gasteiger charge is -2.07. The first-order valence-electron chi connectivity index (χ1n) is 5.54. The van der Waals surface area contributed by atoms with Gasteiger partial charge in [-0.25, -0.2) is 9.97 Å². The van der Waals surface area contributed by atoms with E-state index in [2.05, 4.69) is 27.4 Å². The Kier molecular flexibility index (Phi) is 4.25. The summed E-state index contributed by atoms with van der Waals surface area (Å²) in [5.41, 5.74) is 1.52. The summed E-state index contributed by atoms with van der Waals surface area (Å²) in [4.78, 5) is 18.6. The van der Waals surface area contributed by atoms with Crippen molar-refractivity contribution >= 4 is 23.7 Å². The average Bonchev–Trinajstić information content (AvgIpc) is 2.40. The van der Waals surface area contributed by atoms with E-state index in [4.69, 9.17) is 11.6 Å². The number of aldehydes is 1. The zero-order valence-electron chi connectivity index (χ0n) is 9.64. The molecule has 0 aliphatic rings. The topological polar surface area (TPSA) is 54.9 Å². The molecule has 0 fully saturated rings. The number of aromatic nitrogens is 2. The van der Waals surface area contributed by atoms with Crippen LogP contribution in [-0.4, -0.2) is 22.8 Å². The lowest BCUT2D eigenvalue weighted by Crippen LogP contribution is -2.09. The van der Waals surface area contributed by atoms with E-state index in [9.17, 15) is 4.79 Å². The van der Waals surface area contributed by atoms with E-state index in [1.165, 1.54) is 11.9 Å². The molecule has 0 spiro atoms. The van der Waals surface area contributed by atoms with Gasteiger partial charge in [0.15, 0.2) is 6.29 Å². The molecule has 0 radical (unpaired) electrons. The smallest absolute Gasteiger partial charge is 0.156 e. The van der Waals surface area contributed by atoms with Gasteiger partial charge in [-0.2, -0.15) is 0 Å². The van der Waals surface area contributed by atoms with Crippen LogP contribution in [0.25, 0.3) is 0 Å². The number of halogens is 1. The molecule has 2 rings (SSSR count). The fraction of sp³-hybridized carbons (Fsp3) is 0.154. The van der Waals surface area contributed by atoms with E-state index in [1.807, 2.05) is 18.2 Å². The van der Waals surface area contributed by atoms with Gasteiger partial charge in [0, 0.05) is 6.54 Å². The normalized spacial score (nSPS) is 10.1. The van der Waals surface area contributed by atoms with Gasteiger partial charge in [0.25, 0.3) is 0 Å². The van der Waals surface area contributed by atoms with Crippen molar-refractivity contribution in [2.75, 3.05) is 11.9 Å². The van der Waals surface area contributed by atoms with Gasteiger partial charge >= 0.3 is 0 Å². The summed E-state index contributed by atoms with van der Waals surface area (Å²) in [5, 5.41) is 3.26. The Morgan fingerprint density at radius 2 is 2.00 bits per heavy atom. The molecule has 0 bridgehead atoms. The summed E-state index contributed by atoms with van der Waals surface area (Å²) < 4.78 is 0. The summed E-state index contributed by atoms with van der Waals surface area (Å²) in [5.74, 6) is 0.473. The van der Waals surface area contributed by atoms with Crippen molar-refractivity contribution in [3.05, 3.63) is 52.9 Å². The molecule has 1 N–H and O–H groups in total. The quantitative estimate of drug-likeness (QED) is 0.664. The standard InChI is InChI=1S/C13H12ClN3O/c14-12-11(8-18)13(17-9-16-12)15-7-6-10-4-2-1-3-5-10/h1-5,8-9H,6-7H2,(H,15,16,17). The second-order valence-corrected chi connectivity index (χ2v) is 4.07. The number of benzene rings is 1. The minimum Gasteiger partial charge on any atom is -0.369 e. The molecule has 1 aromatic carbocycles. The molecule has 0 aliphatic carbocycles. The Hall–Kier alpha value is -1.94. The second-order valence-electron chi connectivity index (χ2n) is 3.71. The van der Waals surface area contributed by atoms with Crippen LogP contribution in [0.4, 0.5) is 5.82 Å². The van der Waals surface area contributed by atoms with Gasteiger partial charge in [0.05, 0.1) is 5.56 Å². The monoisotopic (exact) mass is 261 g/mol. The molecular formula is C13H12ClN3O. The van der Waals surface area contributed by atoms with Crippen molar-refractivity contribution < 1.29 is 4.79 Å². The fourth-order valence-electron chi connectivity index (χ4n) is 1.59. The number of rotatable bonds is 5. The molecule has 92 valence electrons. The van der Waals surface area contributed by atoms with Gasteiger partial charge in [-0.05, 0) is 12.0 Å². The number of carbonyl (C=O) groups is 1. The van der Waals surface area contributed by atoms with Gasteiger partial charge in [0.2, 0.25) is 0 Å². The van der Waals surface area contributed by atoms with Crippen LogP contribution in [0.2, 0.25) is 5.15 Å². The summed E-state index contributed by atoms with van der Waals surface area (Å²) >= 11 is 5.80. The summed E-state index contributed by atoms with van der Waals surface area (Å²) in [6.07, 6.45) is 2.84. The zero-order valence-corrected chi connectivity index (χ0v) is 10.4. The molecular weight excluding hydrogens is 250 g/mol. The van der Waals surface area contributed by atoms with Gasteiger partial charge in [-0.1, -0.05) is 41.9 Å².